The summed E-state index contributed by atoms with van der Waals surface area (Å²) in [5.41, 5.74) is 1.87. The summed E-state index contributed by atoms with van der Waals surface area (Å²) in [6.45, 7) is 5.60. The van der Waals surface area contributed by atoms with Crippen LogP contribution in [0, 0.1) is 5.82 Å². The van der Waals surface area contributed by atoms with E-state index in [1.54, 1.807) is 12.1 Å². The van der Waals surface area contributed by atoms with Gasteiger partial charge in [0.2, 0.25) is 0 Å². The first-order valence-electron chi connectivity index (χ1n) is 7.73. The molecule has 2 nitrogen and oxygen atoms in total. The molecule has 0 atom stereocenters. The highest BCUT2D eigenvalue weighted by molar-refractivity contribution is 6.61. The summed E-state index contributed by atoms with van der Waals surface area (Å²) in [5, 5.41) is 1.09. The van der Waals surface area contributed by atoms with Crippen LogP contribution in [0.2, 0.25) is 0 Å². The normalized spacial score (nSPS) is 11.1. The Bertz CT molecular complexity index is 564. The highest BCUT2D eigenvalue weighted by atomic mass is 28.3. The van der Waals surface area contributed by atoms with Crippen molar-refractivity contribution in [2.45, 2.75) is 26.7 Å². The minimum absolute atomic E-state index is 0.219. The molecule has 0 saturated heterocycles. The number of benzene rings is 2. The Morgan fingerprint density at radius 3 is 2.05 bits per heavy atom. The van der Waals surface area contributed by atoms with Crippen LogP contribution in [-0.4, -0.2) is 22.5 Å². The van der Waals surface area contributed by atoms with Gasteiger partial charge in [0, 0.05) is 13.2 Å². The second kappa shape index (κ2) is 8.83. The van der Waals surface area contributed by atoms with E-state index in [-0.39, 0.29) is 5.82 Å². The predicted octanol–water partition coefficient (Wildman–Crippen LogP) is 4.04. The predicted molar refractivity (Wildman–Crippen MR) is 89.7 cm³/mol. The molecule has 0 saturated carbocycles. The number of hydrogen-bond acceptors (Lipinski definition) is 2. The first-order valence-corrected chi connectivity index (χ1v) is 9.05. The fourth-order valence-corrected chi connectivity index (χ4v) is 3.70. The van der Waals surface area contributed by atoms with Crippen LogP contribution in [0.1, 0.15) is 26.7 Å². The van der Waals surface area contributed by atoms with Crippen molar-refractivity contribution < 1.29 is 13.2 Å². The second-order valence-electron chi connectivity index (χ2n) is 5.07. The third-order valence-electron chi connectivity index (χ3n) is 3.15. The molecule has 0 aliphatic carbocycles. The Morgan fingerprint density at radius 1 is 0.864 bits per heavy atom. The molecule has 4 heteroatoms. The van der Waals surface area contributed by atoms with Crippen LogP contribution in [0.4, 0.5) is 4.39 Å². The Morgan fingerprint density at radius 2 is 1.50 bits per heavy atom. The highest BCUT2D eigenvalue weighted by Crippen LogP contribution is 2.19. The van der Waals surface area contributed by atoms with Crippen LogP contribution >= 0.6 is 0 Å². The van der Waals surface area contributed by atoms with Gasteiger partial charge in [-0.2, -0.15) is 0 Å². The Balaban J connectivity index is 2.14. The molecule has 0 aliphatic rings. The van der Waals surface area contributed by atoms with Crippen LogP contribution in [0.5, 0.6) is 0 Å². The summed E-state index contributed by atoms with van der Waals surface area (Å²) in [6.07, 6.45) is 1.95. The van der Waals surface area contributed by atoms with E-state index >= 15 is 0 Å². The van der Waals surface area contributed by atoms with Crippen LogP contribution < -0.4 is 5.19 Å². The molecule has 117 valence electrons. The van der Waals surface area contributed by atoms with E-state index in [0.29, 0.717) is 13.2 Å². The average Bonchev–Trinajstić information content (AvgIpc) is 2.55. The van der Waals surface area contributed by atoms with Gasteiger partial charge in [-0.3, -0.25) is 0 Å². The minimum Gasteiger partial charge on any atom is -0.390 e. The van der Waals surface area contributed by atoms with Gasteiger partial charge in [-0.1, -0.05) is 50.2 Å². The highest BCUT2D eigenvalue weighted by Gasteiger charge is 2.18. The number of hydrogen-bond donors (Lipinski definition) is 0. The van der Waals surface area contributed by atoms with Gasteiger partial charge in [0.25, 0.3) is 0 Å². The lowest BCUT2D eigenvalue weighted by molar-refractivity contribution is 0.207. The third-order valence-corrected chi connectivity index (χ3v) is 4.89. The summed E-state index contributed by atoms with van der Waals surface area (Å²) in [4.78, 5) is 0. The van der Waals surface area contributed by atoms with Gasteiger partial charge < -0.3 is 8.85 Å². The van der Waals surface area contributed by atoms with Gasteiger partial charge in [-0.05, 0) is 41.3 Å². The molecule has 0 unspecified atom stereocenters. The largest absolute Gasteiger partial charge is 0.423 e. The smallest absolute Gasteiger partial charge is 0.390 e. The molecule has 0 bridgehead atoms. The summed E-state index contributed by atoms with van der Waals surface area (Å²) in [7, 11) is -1.43. The van der Waals surface area contributed by atoms with Crippen LogP contribution in [0.25, 0.3) is 11.1 Å². The molecule has 2 aromatic carbocycles. The molecule has 0 heterocycles. The van der Waals surface area contributed by atoms with Gasteiger partial charge in [-0.25, -0.2) is 4.39 Å². The fourth-order valence-electron chi connectivity index (χ4n) is 2.06. The summed E-state index contributed by atoms with van der Waals surface area (Å²) in [5.74, 6) is -0.219. The lowest BCUT2D eigenvalue weighted by Gasteiger charge is -2.15. The molecule has 0 fully saturated rings. The van der Waals surface area contributed by atoms with E-state index in [4.69, 9.17) is 8.85 Å². The van der Waals surface area contributed by atoms with E-state index in [0.717, 1.165) is 29.2 Å². The lowest BCUT2D eigenvalue weighted by Crippen LogP contribution is -2.37. The molecule has 2 rings (SSSR count). The first kappa shape index (κ1) is 16.9. The van der Waals surface area contributed by atoms with Crippen molar-refractivity contribution in [3.63, 3.8) is 0 Å². The van der Waals surface area contributed by atoms with Crippen molar-refractivity contribution in [1.82, 2.24) is 0 Å². The zero-order chi connectivity index (χ0) is 15.8. The topological polar surface area (TPSA) is 18.5 Å². The van der Waals surface area contributed by atoms with E-state index < -0.39 is 9.28 Å². The van der Waals surface area contributed by atoms with Gasteiger partial charge in [-0.15, -0.1) is 0 Å². The molecule has 0 aromatic heterocycles. The van der Waals surface area contributed by atoms with Crippen molar-refractivity contribution in [3.05, 3.63) is 54.3 Å². The Hall–Kier alpha value is -1.49. The zero-order valence-electron chi connectivity index (χ0n) is 13.1. The molecule has 1 radical (unpaired) electrons. The van der Waals surface area contributed by atoms with Gasteiger partial charge in [0.15, 0.2) is 0 Å². The van der Waals surface area contributed by atoms with E-state index in [1.807, 2.05) is 30.3 Å². The Kier molecular flexibility index (Phi) is 6.77. The van der Waals surface area contributed by atoms with E-state index in [9.17, 15) is 4.39 Å². The lowest BCUT2D eigenvalue weighted by atomic mass is 10.1. The van der Waals surface area contributed by atoms with Gasteiger partial charge in [0.05, 0.1) is 0 Å². The molecular weight excluding hydrogens is 295 g/mol. The molecule has 2 aromatic rings. The fraction of sp³-hybridized carbons (Fsp3) is 0.333. The minimum atomic E-state index is -1.43. The zero-order valence-corrected chi connectivity index (χ0v) is 14.1. The third kappa shape index (κ3) is 4.76. The van der Waals surface area contributed by atoms with E-state index in [2.05, 4.69) is 13.8 Å². The van der Waals surface area contributed by atoms with Crippen molar-refractivity contribution in [3.8, 4) is 11.1 Å². The maximum atomic E-state index is 13.3. The van der Waals surface area contributed by atoms with Crippen LogP contribution in [0.15, 0.2) is 48.5 Å². The molecule has 22 heavy (non-hydrogen) atoms. The number of rotatable bonds is 8. The SMILES string of the molecule is CCCO[Si](OCCC)c1ccc(-c2cccc(F)c2)cc1. The Labute approximate surface area is 133 Å². The van der Waals surface area contributed by atoms with Gasteiger partial charge >= 0.3 is 9.28 Å². The number of halogens is 1. The van der Waals surface area contributed by atoms with Crippen molar-refractivity contribution in [1.29, 1.82) is 0 Å². The second-order valence-corrected chi connectivity index (χ2v) is 6.80. The molecule has 0 spiro atoms. The van der Waals surface area contributed by atoms with E-state index in [1.165, 1.54) is 6.07 Å². The standard InChI is InChI=1S/C18H22FO2Si/c1-3-12-20-22(21-13-4-2)18-10-8-15(9-11-18)16-6-5-7-17(19)14-16/h5-11,14H,3-4,12-13H2,1-2H3. The maximum Gasteiger partial charge on any atom is 0.423 e. The van der Waals surface area contributed by atoms with Crippen molar-refractivity contribution in [2.24, 2.45) is 0 Å². The maximum absolute atomic E-state index is 13.3. The summed E-state index contributed by atoms with van der Waals surface area (Å²) >= 11 is 0. The first-order chi connectivity index (χ1) is 10.7. The summed E-state index contributed by atoms with van der Waals surface area (Å²) < 4.78 is 25.0. The van der Waals surface area contributed by atoms with Crippen molar-refractivity contribution in [2.75, 3.05) is 13.2 Å². The average molecular weight is 317 g/mol. The quantitative estimate of drug-likeness (QED) is 0.684. The monoisotopic (exact) mass is 317 g/mol. The molecule has 0 amide bonds. The van der Waals surface area contributed by atoms with Crippen LogP contribution in [0.3, 0.4) is 0 Å². The van der Waals surface area contributed by atoms with Crippen LogP contribution in [-0.2, 0) is 8.85 Å². The molecule has 0 aliphatic heterocycles. The van der Waals surface area contributed by atoms with Gasteiger partial charge in [0.1, 0.15) is 5.82 Å². The van der Waals surface area contributed by atoms with Crippen molar-refractivity contribution >= 4 is 14.5 Å². The molecule has 0 N–H and O–H groups in total. The summed E-state index contributed by atoms with van der Waals surface area (Å²) in [6, 6.07) is 14.7. The molecular formula is C18H22FO2Si.